The summed E-state index contributed by atoms with van der Waals surface area (Å²) in [7, 11) is 2.03. The van der Waals surface area contributed by atoms with E-state index in [1.807, 2.05) is 17.8 Å². The van der Waals surface area contributed by atoms with Gasteiger partial charge in [-0.3, -0.25) is 0 Å². The molecule has 0 amide bonds. The van der Waals surface area contributed by atoms with Crippen LogP contribution in [0.2, 0.25) is 0 Å². The summed E-state index contributed by atoms with van der Waals surface area (Å²) in [4.78, 5) is 0. The van der Waals surface area contributed by atoms with Crippen LogP contribution in [0.25, 0.3) is 0 Å². The minimum absolute atomic E-state index is 0.471. The number of nitrogens with zero attached hydrogens (tertiary/aromatic N) is 1. The first-order chi connectivity index (χ1) is 8.07. The van der Waals surface area contributed by atoms with Crippen LogP contribution >= 0.6 is 0 Å². The maximum Gasteiger partial charge on any atom is 0.0771 e. The molecule has 96 valence electrons. The van der Waals surface area contributed by atoms with E-state index in [1.165, 1.54) is 5.56 Å². The highest BCUT2D eigenvalue weighted by Crippen LogP contribution is 2.31. The Labute approximate surface area is 104 Å². The lowest BCUT2D eigenvalue weighted by atomic mass is 9.79. The smallest absolute Gasteiger partial charge is 0.0771 e. The molecular weight excluding hydrogens is 212 g/mol. The summed E-state index contributed by atoms with van der Waals surface area (Å²) in [6.45, 7) is 3.84. The number of hydrogen-bond donors (Lipinski definition) is 2. The van der Waals surface area contributed by atoms with Gasteiger partial charge in [0.2, 0.25) is 0 Å². The van der Waals surface area contributed by atoms with Crippen LogP contribution in [0.15, 0.2) is 18.5 Å². The van der Waals surface area contributed by atoms with Gasteiger partial charge in [0.25, 0.3) is 0 Å². The Kier molecular flexibility index (Phi) is 3.89. The molecule has 17 heavy (non-hydrogen) atoms. The third-order valence-electron chi connectivity index (χ3n) is 3.88. The highest BCUT2D eigenvalue weighted by atomic mass is 16.3. The summed E-state index contributed by atoms with van der Waals surface area (Å²) in [5.41, 5.74) is 0.807. The maximum absolute atomic E-state index is 10.4. The van der Waals surface area contributed by atoms with Crippen LogP contribution in [0.3, 0.4) is 0 Å². The standard InChI is InChI=1S/C14H24N2O/c1-12-3-6-14(17,7-4-12)11-15-9-13-5-8-16(2)10-13/h5,8,10,12,15,17H,3-4,6-7,9,11H2,1-2H3. The van der Waals surface area contributed by atoms with E-state index in [4.69, 9.17) is 0 Å². The van der Waals surface area contributed by atoms with Gasteiger partial charge >= 0.3 is 0 Å². The Balaban J connectivity index is 1.74. The van der Waals surface area contributed by atoms with Gasteiger partial charge in [0.1, 0.15) is 0 Å². The van der Waals surface area contributed by atoms with Gasteiger partial charge in [-0.2, -0.15) is 0 Å². The molecule has 1 fully saturated rings. The molecule has 1 aliphatic rings. The van der Waals surface area contributed by atoms with Gasteiger partial charge < -0.3 is 15.0 Å². The van der Waals surface area contributed by atoms with Crippen molar-refractivity contribution in [2.24, 2.45) is 13.0 Å². The van der Waals surface area contributed by atoms with E-state index in [9.17, 15) is 5.11 Å². The van der Waals surface area contributed by atoms with E-state index in [0.29, 0.717) is 6.54 Å². The topological polar surface area (TPSA) is 37.2 Å². The summed E-state index contributed by atoms with van der Waals surface area (Å²) in [5, 5.41) is 13.8. The van der Waals surface area contributed by atoms with Gasteiger partial charge in [0.15, 0.2) is 0 Å². The molecule has 0 atom stereocenters. The molecule has 0 spiro atoms. The summed E-state index contributed by atoms with van der Waals surface area (Å²) < 4.78 is 2.05. The zero-order valence-electron chi connectivity index (χ0n) is 10.9. The number of rotatable bonds is 4. The summed E-state index contributed by atoms with van der Waals surface area (Å²) >= 11 is 0. The fraction of sp³-hybridized carbons (Fsp3) is 0.714. The Hall–Kier alpha value is -0.800. The van der Waals surface area contributed by atoms with Crippen LogP contribution in [0, 0.1) is 5.92 Å². The van der Waals surface area contributed by atoms with Crippen LogP contribution < -0.4 is 5.32 Å². The SMILES string of the molecule is CC1CCC(O)(CNCc2ccn(C)c2)CC1. The van der Waals surface area contributed by atoms with E-state index < -0.39 is 5.60 Å². The molecule has 3 nitrogen and oxygen atoms in total. The largest absolute Gasteiger partial charge is 0.389 e. The molecule has 2 rings (SSSR count). The number of aliphatic hydroxyl groups is 1. The number of aromatic nitrogens is 1. The molecule has 0 saturated heterocycles. The molecule has 3 heteroatoms. The highest BCUT2D eigenvalue weighted by Gasteiger charge is 2.31. The van der Waals surface area contributed by atoms with E-state index in [2.05, 4.69) is 24.5 Å². The minimum Gasteiger partial charge on any atom is -0.389 e. The number of aryl methyl sites for hydroxylation is 1. The zero-order valence-corrected chi connectivity index (χ0v) is 10.9. The third-order valence-corrected chi connectivity index (χ3v) is 3.88. The second-order valence-corrected chi connectivity index (χ2v) is 5.70. The molecular formula is C14H24N2O. The van der Waals surface area contributed by atoms with Gasteiger partial charge in [-0.1, -0.05) is 6.92 Å². The Morgan fingerprint density at radius 2 is 2.18 bits per heavy atom. The van der Waals surface area contributed by atoms with Crippen molar-refractivity contribution in [3.63, 3.8) is 0 Å². The molecule has 0 radical (unpaired) electrons. The first kappa shape index (κ1) is 12.7. The fourth-order valence-corrected chi connectivity index (χ4v) is 2.58. The van der Waals surface area contributed by atoms with Gasteiger partial charge in [0, 0.05) is 32.5 Å². The predicted molar refractivity (Wildman–Crippen MR) is 69.7 cm³/mol. The van der Waals surface area contributed by atoms with Crippen LogP contribution in [-0.2, 0) is 13.6 Å². The van der Waals surface area contributed by atoms with Crippen LogP contribution in [-0.4, -0.2) is 21.8 Å². The van der Waals surface area contributed by atoms with Crippen molar-refractivity contribution in [1.82, 2.24) is 9.88 Å². The zero-order chi connectivity index (χ0) is 12.3. The second kappa shape index (κ2) is 5.23. The monoisotopic (exact) mass is 236 g/mol. The van der Waals surface area contributed by atoms with E-state index >= 15 is 0 Å². The van der Waals surface area contributed by atoms with Crippen molar-refractivity contribution in [2.45, 2.75) is 44.8 Å². The molecule has 1 aromatic rings. The summed E-state index contributed by atoms with van der Waals surface area (Å²) in [6.07, 6.45) is 8.35. The van der Waals surface area contributed by atoms with Crippen LogP contribution in [0.4, 0.5) is 0 Å². The molecule has 0 bridgehead atoms. The van der Waals surface area contributed by atoms with Crippen molar-refractivity contribution < 1.29 is 5.11 Å². The Bertz CT molecular complexity index is 351. The number of nitrogens with one attached hydrogen (secondary N) is 1. The predicted octanol–water partition coefficient (Wildman–Crippen LogP) is 2.06. The average Bonchev–Trinajstić information content (AvgIpc) is 2.69. The van der Waals surface area contributed by atoms with Gasteiger partial charge in [-0.05, 0) is 43.2 Å². The lowest BCUT2D eigenvalue weighted by molar-refractivity contribution is -0.00630. The third kappa shape index (κ3) is 3.58. The van der Waals surface area contributed by atoms with E-state index in [1.54, 1.807) is 0 Å². The molecule has 1 aliphatic carbocycles. The first-order valence-corrected chi connectivity index (χ1v) is 6.61. The first-order valence-electron chi connectivity index (χ1n) is 6.61. The summed E-state index contributed by atoms with van der Waals surface area (Å²) in [6, 6.07) is 2.11. The lowest BCUT2D eigenvalue weighted by Crippen LogP contribution is -2.43. The average molecular weight is 236 g/mol. The van der Waals surface area contributed by atoms with Crippen molar-refractivity contribution in [3.05, 3.63) is 24.0 Å². The summed E-state index contributed by atoms with van der Waals surface area (Å²) in [5.74, 6) is 0.782. The van der Waals surface area contributed by atoms with Crippen molar-refractivity contribution >= 4 is 0 Å². The van der Waals surface area contributed by atoms with E-state index in [-0.39, 0.29) is 0 Å². The highest BCUT2D eigenvalue weighted by molar-refractivity contribution is 5.09. The second-order valence-electron chi connectivity index (χ2n) is 5.70. The van der Waals surface area contributed by atoms with Crippen molar-refractivity contribution in [3.8, 4) is 0 Å². The molecule has 0 aromatic carbocycles. The normalized spacial score (nSPS) is 29.5. The van der Waals surface area contributed by atoms with E-state index in [0.717, 1.165) is 38.1 Å². The lowest BCUT2D eigenvalue weighted by Gasteiger charge is -2.35. The van der Waals surface area contributed by atoms with Crippen LogP contribution in [0.5, 0.6) is 0 Å². The molecule has 1 aromatic heterocycles. The van der Waals surface area contributed by atoms with Crippen molar-refractivity contribution in [2.75, 3.05) is 6.54 Å². The molecule has 2 N–H and O–H groups in total. The number of hydrogen-bond acceptors (Lipinski definition) is 2. The Morgan fingerprint density at radius 3 is 2.76 bits per heavy atom. The quantitative estimate of drug-likeness (QED) is 0.839. The molecule has 0 unspecified atom stereocenters. The minimum atomic E-state index is -0.471. The van der Waals surface area contributed by atoms with Gasteiger partial charge in [-0.25, -0.2) is 0 Å². The Morgan fingerprint density at radius 1 is 1.47 bits per heavy atom. The van der Waals surface area contributed by atoms with Crippen molar-refractivity contribution in [1.29, 1.82) is 0 Å². The molecule has 1 heterocycles. The van der Waals surface area contributed by atoms with Gasteiger partial charge in [-0.15, -0.1) is 0 Å². The fourth-order valence-electron chi connectivity index (χ4n) is 2.58. The van der Waals surface area contributed by atoms with Gasteiger partial charge in [0.05, 0.1) is 5.60 Å². The van der Waals surface area contributed by atoms with Crippen LogP contribution in [0.1, 0.15) is 38.2 Å². The molecule has 1 saturated carbocycles. The maximum atomic E-state index is 10.4. The molecule has 0 aliphatic heterocycles.